The monoisotopic (exact) mass is 471 g/mol. The molecule has 1 aromatic heterocycles. The Hall–Kier alpha value is -3.26. The molecule has 2 heterocycles. The number of carbonyl (C=O) groups excluding carboxylic acids is 3. The zero-order chi connectivity index (χ0) is 24.3. The molecule has 176 valence electrons. The fourth-order valence-electron chi connectivity index (χ4n) is 2.20. The smallest absolute Gasteiger partial charge is 0.413 e. The molecule has 1 aliphatic rings. The number of carboxylic acid groups (broad SMARTS) is 1. The average molecular weight is 471 g/mol. The summed E-state index contributed by atoms with van der Waals surface area (Å²) >= 11 is 0.958. The van der Waals surface area contributed by atoms with Gasteiger partial charge in [0.15, 0.2) is 10.8 Å². The van der Waals surface area contributed by atoms with Gasteiger partial charge in [0.25, 0.3) is 5.91 Å². The van der Waals surface area contributed by atoms with Crippen molar-refractivity contribution in [3.63, 3.8) is 0 Å². The Balaban J connectivity index is 2.26. The van der Waals surface area contributed by atoms with Crippen LogP contribution < -0.4 is 16.0 Å². The van der Waals surface area contributed by atoms with Crippen LogP contribution in [0.4, 0.5) is 9.93 Å². The van der Waals surface area contributed by atoms with Gasteiger partial charge in [-0.25, -0.2) is 14.6 Å². The van der Waals surface area contributed by atoms with Crippen LogP contribution in [0.25, 0.3) is 0 Å². The molecule has 0 aliphatic carbocycles. The highest BCUT2D eigenvalue weighted by Gasteiger charge is 2.41. The van der Waals surface area contributed by atoms with E-state index in [-0.39, 0.29) is 10.8 Å². The van der Waals surface area contributed by atoms with E-state index in [1.165, 1.54) is 19.2 Å². The lowest BCUT2D eigenvalue weighted by Crippen LogP contribution is -2.70. The molecule has 0 radical (unpaired) electrons. The van der Waals surface area contributed by atoms with E-state index >= 15 is 0 Å². The number of aliphatic hydroxyl groups excluding tert-OH is 1. The van der Waals surface area contributed by atoms with Crippen LogP contribution in [-0.4, -0.2) is 74.7 Å². The van der Waals surface area contributed by atoms with Gasteiger partial charge in [-0.2, -0.15) is 0 Å². The summed E-state index contributed by atoms with van der Waals surface area (Å²) in [4.78, 5) is 56.8. The molecule has 5 N–H and O–H groups in total. The number of ether oxygens (including phenoxy) is 1. The highest BCUT2D eigenvalue weighted by atomic mass is 32.1. The molecule has 1 fully saturated rings. The lowest BCUT2D eigenvalue weighted by molar-refractivity contribution is -0.161. The van der Waals surface area contributed by atoms with E-state index in [4.69, 9.17) is 9.57 Å². The minimum atomic E-state index is -1.76. The van der Waals surface area contributed by atoms with Crippen LogP contribution in [-0.2, 0) is 24.0 Å². The van der Waals surface area contributed by atoms with Crippen molar-refractivity contribution >= 4 is 46.1 Å². The summed E-state index contributed by atoms with van der Waals surface area (Å²) < 4.78 is 5.14. The average Bonchev–Trinajstić information content (AvgIpc) is 3.10. The molecule has 1 aliphatic heterocycles. The minimum Gasteiger partial charge on any atom is -0.478 e. The first kappa shape index (κ1) is 25.0. The SMILES string of the molecule is CC(C)(C)OC(=O)Nc1nc(/C(=N/OC(C)(C)C(=O)O)C(=O)N[C@@H]2C(=O)N[C@@H]2CO)cs1. The molecule has 0 unspecified atom stereocenters. The Labute approximate surface area is 187 Å². The van der Waals surface area contributed by atoms with Crippen molar-refractivity contribution in [2.75, 3.05) is 11.9 Å². The van der Waals surface area contributed by atoms with E-state index in [1.807, 2.05) is 0 Å². The van der Waals surface area contributed by atoms with Crippen LogP contribution >= 0.6 is 11.3 Å². The van der Waals surface area contributed by atoms with Gasteiger partial charge in [-0.1, -0.05) is 5.16 Å². The Morgan fingerprint density at radius 3 is 2.47 bits per heavy atom. The van der Waals surface area contributed by atoms with Crippen molar-refractivity contribution in [2.45, 2.75) is 57.9 Å². The number of anilines is 1. The fraction of sp³-hybridized carbons (Fsp3) is 0.556. The number of hydrogen-bond donors (Lipinski definition) is 5. The van der Waals surface area contributed by atoms with Gasteiger partial charge in [-0.05, 0) is 34.6 Å². The molecular weight excluding hydrogens is 446 g/mol. The van der Waals surface area contributed by atoms with Gasteiger partial charge in [-0.15, -0.1) is 11.3 Å². The van der Waals surface area contributed by atoms with Crippen molar-refractivity contribution in [1.29, 1.82) is 0 Å². The summed E-state index contributed by atoms with van der Waals surface area (Å²) in [6.07, 6.45) is -0.762. The number of nitrogens with one attached hydrogen (secondary N) is 3. The van der Waals surface area contributed by atoms with Crippen molar-refractivity contribution in [3.8, 4) is 0 Å². The van der Waals surface area contributed by atoms with Gasteiger partial charge < -0.3 is 30.4 Å². The molecule has 1 aromatic rings. The second-order valence-electron chi connectivity index (χ2n) is 8.26. The van der Waals surface area contributed by atoms with Gasteiger partial charge in [-0.3, -0.25) is 14.9 Å². The van der Waals surface area contributed by atoms with E-state index in [0.29, 0.717) is 0 Å². The molecule has 2 atom stereocenters. The number of amides is 3. The molecule has 32 heavy (non-hydrogen) atoms. The molecule has 2 rings (SSSR count). The number of aliphatic hydroxyl groups is 1. The van der Waals surface area contributed by atoms with Gasteiger partial charge >= 0.3 is 12.1 Å². The maximum Gasteiger partial charge on any atom is 0.413 e. The van der Waals surface area contributed by atoms with E-state index in [0.717, 1.165) is 11.3 Å². The van der Waals surface area contributed by atoms with Crippen LogP contribution in [0.2, 0.25) is 0 Å². The molecule has 0 bridgehead atoms. The van der Waals surface area contributed by atoms with Gasteiger partial charge in [0.05, 0.1) is 12.6 Å². The maximum absolute atomic E-state index is 12.8. The van der Waals surface area contributed by atoms with Crippen LogP contribution in [0.5, 0.6) is 0 Å². The highest BCUT2D eigenvalue weighted by Crippen LogP contribution is 2.19. The van der Waals surface area contributed by atoms with E-state index in [2.05, 4.69) is 26.1 Å². The number of hydrogen-bond acceptors (Lipinski definition) is 10. The molecular formula is C18H25N5O8S. The summed E-state index contributed by atoms with van der Waals surface area (Å²) in [5.41, 5.74) is -2.97. The number of aliphatic carboxylic acids is 1. The summed E-state index contributed by atoms with van der Waals surface area (Å²) in [5.74, 6) is -2.72. The third-order valence-corrected chi connectivity index (χ3v) is 4.70. The van der Waals surface area contributed by atoms with Gasteiger partial charge in [0.2, 0.25) is 11.5 Å². The number of oxime groups is 1. The van der Waals surface area contributed by atoms with Gasteiger partial charge in [0.1, 0.15) is 17.3 Å². The lowest BCUT2D eigenvalue weighted by Gasteiger charge is -2.35. The Morgan fingerprint density at radius 1 is 1.28 bits per heavy atom. The number of nitrogens with zero attached hydrogens (tertiary/aromatic N) is 2. The van der Waals surface area contributed by atoms with Crippen molar-refractivity contribution < 1.29 is 39.0 Å². The Kier molecular flexibility index (Phi) is 7.41. The fourth-order valence-corrected chi connectivity index (χ4v) is 2.88. The van der Waals surface area contributed by atoms with Crippen LogP contribution in [0.1, 0.15) is 40.3 Å². The second kappa shape index (κ2) is 9.48. The van der Waals surface area contributed by atoms with E-state index < -0.39 is 59.5 Å². The van der Waals surface area contributed by atoms with Crippen molar-refractivity contribution in [1.82, 2.24) is 15.6 Å². The first-order chi connectivity index (χ1) is 14.7. The molecule has 0 spiro atoms. The minimum absolute atomic E-state index is 0.0416. The quantitative estimate of drug-likeness (QED) is 0.198. The maximum atomic E-state index is 12.8. The zero-order valence-electron chi connectivity index (χ0n) is 18.1. The molecule has 0 saturated carbocycles. The predicted molar refractivity (Wildman–Crippen MR) is 112 cm³/mol. The van der Waals surface area contributed by atoms with Crippen LogP contribution in [0.3, 0.4) is 0 Å². The van der Waals surface area contributed by atoms with E-state index in [1.54, 1.807) is 20.8 Å². The second-order valence-corrected chi connectivity index (χ2v) is 9.12. The molecule has 1 saturated heterocycles. The largest absolute Gasteiger partial charge is 0.478 e. The van der Waals surface area contributed by atoms with Crippen molar-refractivity contribution in [3.05, 3.63) is 11.1 Å². The third kappa shape index (κ3) is 6.37. The van der Waals surface area contributed by atoms with Crippen LogP contribution in [0.15, 0.2) is 10.5 Å². The zero-order valence-corrected chi connectivity index (χ0v) is 18.9. The number of carboxylic acids is 1. The first-order valence-corrected chi connectivity index (χ1v) is 10.3. The van der Waals surface area contributed by atoms with Crippen LogP contribution in [0, 0.1) is 0 Å². The molecule has 13 nitrogen and oxygen atoms in total. The topological polar surface area (TPSA) is 189 Å². The molecule has 3 amide bonds. The normalized spacial score (nSPS) is 18.8. The summed E-state index contributed by atoms with van der Waals surface area (Å²) in [7, 11) is 0. The summed E-state index contributed by atoms with van der Waals surface area (Å²) in [5, 5.41) is 30.8. The van der Waals surface area contributed by atoms with E-state index in [9.17, 15) is 29.4 Å². The highest BCUT2D eigenvalue weighted by molar-refractivity contribution is 7.14. The third-order valence-electron chi connectivity index (χ3n) is 3.95. The first-order valence-electron chi connectivity index (χ1n) is 9.41. The standard InChI is InChI=1S/C18H25N5O8S/c1-17(2,3)30-16(29)22-15-20-9(7-32-15)11(23-31-18(4,5)14(27)28)13(26)21-10-8(6-24)19-12(10)25/h7-8,10,24H,6H2,1-5H3,(H,19,25)(H,21,26)(H,27,28)(H,20,22,29)/b23-11-/t8-,10+/m1/s1. The Morgan fingerprint density at radius 2 is 1.94 bits per heavy atom. The van der Waals surface area contributed by atoms with Crippen molar-refractivity contribution in [2.24, 2.45) is 5.16 Å². The number of aromatic nitrogens is 1. The predicted octanol–water partition coefficient (Wildman–Crippen LogP) is 0.0495. The Bertz CT molecular complexity index is 936. The lowest BCUT2D eigenvalue weighted by atomic mass is 9.99. The number of rotatable bonds is 8. The summed E-state index contributed by atoms with van der Waals surface area (Å²) in [6.45, 7) is 7.12. The van der Waals surface area contributed by atoms with Gasteiger partial charge in [0, 0.05) is 5.38 Å². The molecule has 0 aromatic carbocycles. The number of thiazole rings is 1. The number of carbonyl (C=O) groups is 4. The summed E-state index contributed by atoms with van der Waals surface area (Å²) in [6, 6.07) is -1.69. The molecule has 14 heteroatoms. The number of β-lactam (4-membered cyclic amide) rings is 1.